The molecule has 4 nitrogen and oxygen atoms in total. The third-order valence-electron chi connectivity index (χ3n) is 4.71. The average molecular weight is 337 g/mol. The summed E-state index contributed by atoms with van der Waals surface area (Å²) in [5.74, 6) is -0.296. The zero-order valence-electron chi connectivity index (χ0n) is 15.3. The van der Waals surface area contributed by atoms with E-state index in [0.717, 1.165) is 22.7 Å². The third-order valence-corrected chi connectivity index (χ3v) is 4.71. The van der Waals surface area contributed by atoms with Crippen LogP contribution in [0.4, 0.5) is 5.69 Å². The first kappa shape index (κ1) is 17.4. The second-order valence-electron chi connectivity index (χ2n) is 7.27. The van der Waals surface area contributed by atoms with E-state index < -0.39 is 11.7 Å². The SMILES string of the molecule is Cc1ccc2c(c1)C(=O)C(=O)N2C[NH+](C)Cc1ccc(C(C)C)cc1. The molecule has 130 valence electrons. The minimum atomic E-state index is -0.421. The Bertz CT molecular complexity index is 809. The normalized spacial score (nSPS) is 15.0. The van der Waals surface area contributed by atoms with Gasteiger partial charge in [0.25, 0.3) is 5.78 Å². The minimum Gasteiger partial charge on any atom is -0.316 e. The predicted molar refractivity (Wildman–Crippen MR) is 99.0 cm³/mol. The highest BCUT2D eigenvalue weighted by Gasteiger charge is 2.37. The molecular weight excluding hydrogens is 312 g/mol. The summed E-state index contributed by atoms with van der Waals surface area (Å²) in [6.45, 7) is 7.58. The van der Waals surface area contributed by atoms with Gasteiger partial charge in [0, 0.05) is 5.56 Å². The molecule has 3 rings (SSSR count). The zero-order valence-corrected chi connectivity index (χ0v) is 15.3. The van der Waals surface area contributed by atoms with Crippen molar-refractivity contribution in [2.45, 2.75) is 33.2 Å². The molecule has 4 heteroatoms. The molecule has 1 heterocycles. The molecule has 1 unspecified atom stereocenters. The number of quaternary nitrogens is 1. The van der Waals surface area contributed by atoms with Crippen molar-refractivity contribution in [2.75, 3.05) is 18.6 Å². The Morgan fingerprint density at radius 2 is 1.72 bits per heavy atom. The van der Waals surface area contributed by atoms with Crippen molar-refractivity contribution in [2.24, 2.45) is 0 Å². The lowest BCUT2D eigenvalue weighted by atomic mass is 10.0. The quantitative estimate of drug-likeness (QED) is 0.851. The van der Waals surface area contributed by atoms with E-state index in [0.29, 0.717) is 18.2 Å². The molecule has 2 aromatic rings. The van der Waals surface area contributed by atoms with Gasteiger partial charge in [-0.05, 0) is 30.5 Å². The number of hydrogen-bond acceptors (Lipinski definition) is 2. The van der Waals surface area contributed by atoms with Crippen LogP contribution in [-0.2, 0) is 11.3 Å². The van der Waals surface area contributed by atoms with Crippen LogP contribution in [0.5, 0.6) is 0 Å². The Balaban J connectivity index is 1.72. The van der Waals surface area contributed by atoms with Crippen molar-refractivity contribution in [1.29, 1.82) is 0 Å². The van der Waals surface area contributed by atoms with Crippen LogP contribution in [0, 0.1) is 6.92 Å². The maximum Gasteiger partial charge on any atom is 0.303 e. The molecule has 0 saturated heterocycles. The van der Waals surface area contributed by atoms with E-state index in [1.165, 1.54) is 11.1 Å². The van der Waals surface area contributed by atoms with Gasteiger partial charge >= 0.3 is 5.91 Å². The van der Waals surface area contributed by atoms with Gasteiger partial charge in [-0.3, -0.25) is 14.5 Å². The van der Waals surface area contributed by atoms with E-state index in [2.05, 4.69) is 38.1 Å². The van der Waals surface area contributed by atoms with Crippen LogP contribution in [0.15, 0.2) is 42.5 Å². The summed E-state index contributed by atoms with van der Waals surface area (Å²) in [6.07, 6.45) is 0. The number of rotatable bonds is 5. The summed E-state index contributed by atoms with van der Waals surface area (Å²) >= 11 is 0. The van der Waals surface area contributed by atoms with E-state index in [1.54, 1.807) is 11.0 Å². The highest BCUT2D eigenvalue weighted by atomic mass is 16.2. The van der Waals surface area contributed by atoms with Crippen LogP contribution in [0.2, 0.25) is 0 Å². The van der Waals surface area contributed by atoms with E-state index in [-0.39, 0.29) is 0 Å². The largest absolute Gasteiger partial charge is 0.316 e. The highest BCUT2D eigenvalue weighted by Crippen LogP contribution is 2.28. The Morgan fingerprint density at radius 3 is 2.36 bits per heavy atom. The Kier molecular flexibility index (Phi) is 4.73. The molecule has 25 heavy (non-hydrogen) atoms. The third kappa shape index (κ3) is 3.49. The number of anilines is 1. The molecule has 0 radical (unpaired) electrons. The molecule has 0 aliphatic carbocycles. The predicted octanol–water partition coefficient (Wildman–Crippen LogP) is 2.32. The lowest BCUT2D eigenvalue weighted by molar-refractivity contribution is -0.892. The number of carbonyl (C=O) groups is 2. The second-order valence-corrected chi connectivity index (χ2v) is 7.27. The van der Waals surface area contributed by atoms with Crippen molar-refractivity contribution in [3.05, 3.63) is 64.7 Å². The molecule has 0 spiro atoms. The van der Waals surface area contributed by atoms with Gasteiger partial charge in [0.1, 0.15) is 6.54 Å². The van der Waals surface area contributed by atoms with Crippen LogP contribution in [0.3, 0.4) is 0 Å². The number of Topliss-reactive ketones (excluding diaryl/α,β-unsaturated/α-hetero) is 1. The fourth-order valence-electron chi connectivity index (χ4n) is 3.27. The van der Waals surface area contributed by atoms with Crippen molar-refractivity contribution in [3.63, 3.8) is 0 Å². The number of nitrogens with one attached hydrogen (secondary N) is 1. The monoisotopic (exact) mass is 337 g/mol. The number of aryl methyl sites for hydroxylation is 1. The lowest BCUT2D eigenvalue weighted by Gasteiger charge is -2.22. The molecule has 0 fully saturated rings. The molecule has 1 aliphatic rings. The standard InChI is InChI=1S/C21H24N2O2/c1-14(2)17-8-6-16(7-9-17)12-22(4)13-23-19-10-5-15(3)11-18(19)20(24)21(23)25/h5-11,14H,12-13H2,1-4H3/p+1. The topological polar surface area (TPSA) is 41.8 Å². The first-order valence-corrected chi connectivity index (χ1v) is 8.74. The van der Waals surface area contributed by atoms with Gasteiger partial charge in [0.2, 0.25) is 0 Å². The Labute approximate surface area is 149 Å². The van der Waals surface area contributed by atoms with Gasteiger partial charge in [-0.15, -0.1) is 0 Å². The minimum absolute atomic E-state index is 0.396. The number of fused-ring (bicyclic) bond motifs is 1. The molecule has 1 N–H and O–H groups in total. The summed E-state index contributed by atoms with van der Waals surface area (Å²) in [6, 6.07) is 14.2. The number of hydrogen-bond donors (Lipinski definition) is 1. The summed E-state index contributed by atoms with van der Waals surface area (Å²) in [4.78, 5) is 27.3. The second kappa shape index (κ2) is 6.81. The molecule has 0 saturated carbocycles. The Morgan fingerprint density at radius 1 is 1.04 bits per heavy atom. The van der Waals surface area contributed by atoms with Crippen molar-refractivity contribution >= 4 is 17.4 Å². The van der Waals surface area contributed by atoms with Crippen molar-refractivity contribution < 1.29 is 14.5 Å². The van der Waals surface area contributed by atoms with Crippen LogP contribution in [-0.4, -0.2) is 25.4 Å². The lowest BCUT2D eigenvalue weighted by Crippen LogP contribution is -3.09. The van der Waals surface area contributed by atoms with Gasteiger partial charge in [0.15, 0.2) is 6.67 Å². The number of benzene rings is 2. The van der Waals surface area contributed by atoms with Gasteiger partial charge < -0.3 is 4.90 Å². The van der Waals surface area contributed by atoms with E-state index in [1.807, 2.05) is 26.1 Å². The molecule has 0 bridgehead atoms. The fraction of sp³-hybridized carbons (Fsp3) is 0.333. The smallest absolute Gasteiger partial charge is 0.303 e. The van der Waals surface area contributed by atoms with E-state index in [9.17, 15) is 9.59 Å². The molecule has 2 aromatic carbocycles. The van der Waals surface area contributed by atoms with Gasteiger partial charge in [0.05, 0.1) is 18.3 Å². The van der Waals surface area contributed by atoms with Crippen LogP contribution < -0.4 is 9.80 Å². The Hall–Kier alpha value is -2.46. The molecule has 1 aliphatic heterocycles. The fourth-order valence-corrected chi connectivity index (χ4v) is 3.27. The average Bonchev–Trinajstić information content (AvgIpc) is 2.80. The maximum absolute atomic E-state index is 12.3. The van der Waals surface area contributed by atoms with Crippen LogP contribution in [0.1, 0.15) is 46.8 Å². The first-order chi connectivity index (χ1) is 11.9. The van der Waals surface area contributed by atoms with Crippen molar-refractivity contribution in [3.8, 4) is 0 Å². The number of carbonyl (C=O) groups excluding carboxylic acids is 2. The molecule has 1 atom stereocenters. The van der Waals surface area contributed by atoms with Crippen molar-refractivity contribution in [1.82, 2.24) is 0 Å². The molecule has 1 amide bonds. The number of ketones is 1. The summed E-state index contributed by atoms with van der Waals surface area (Å²) < 4.78 is 0. The van der Waals surface area contributed by atoms with E-state index in [4.69, 9.17) is 0 Å². The highest BCUT2D eigenvalue weighted by molar-refractivity contribution is 6.52. The molecule has 0 aromatic heterocycles. The first-order valence-electron chi connectivity index (χ1n) is 8.74. The van der Waals surface area contributed by atoms with Gasteiger partial charge in [-0.2, -0.15) is 0 Å². The summed E-state index contributed by atoms with van der Waals surface area (Å²) in [7, 11) is 2.04. The van der Waals surface area contributed by atoms with Crippen LogP contribution in [0.25, 0.3) is 0 Å². The van der Waals surface area contributed by atoms with E-state index >= 15 is 0 Å². The number of nitrogens with zero attached hydrogens (tertiary/aromatic N) is 1. The zero-order chi connectivity index (χ0) is 18.1. The summed E-state index contributed by atoms with van der Waals surface area (Å²) in [5, 5.41) is 0. The molecular formula is C21H25N2O2+. The van der Waals surface area contributed by atoms with Crippen LogP contribution >= 0.6 is 0 Å². The van der Waals surface area contributed by atoms with Gasteiger partial charge in [-0.1, -0.05) is 49.7 Å². The summed E-state index contributed by atoms with van der Waals surface area (Å²) in [5.41, 5.74) is 4.80. The van der Waals surface area contributed by atoms with Gasteiger partial charge in [-0.25, -0.2) is 0 Å². The maximum atomic E-state index is 12.3. The number of amides is 1.